The van der Waals surface area contributed by atoms with E-state index >= 15 is 0 Å². The molecular weight excluding hydrogens is 330 g/mol. The fourth-order valence-corrected chi connectivity index (χ4v) is 3.57. The highest BCUT2D eigenvalue weighted by Crippen LogP contribution is 2.16. The summed E-state index contributed by atoms with van der Waals surface area (Å²) in [6.45, 7) is 5.26. The smallest absolute Gasteiger partial charge is 0.321 e. The van der Waals surface area contributed by atoms with Crippen LogP contribution in [0.25, 0.3) is 0 Å². The van der Waals surface area contributed by atoms with Crippen molar-refractivity contribution in [2.24, 2.45) is 0 Å². The van der Waals surface area contributed by atoms with Gasteiger partial charge >= 0.3 is 6.03 Å². The Labute approximate surface area is 144 Å². The summed E-state index contributed by atoms with van der Waals surface area (Å²) < 4.78 is 0. The molecule has 0 spiro atoms. The minimum Gasteiger partial charge on any atom is -0.336 e. The molecule has 0 aliphatic rings. The summed E-state index contributed by atoms with van der Waals surface area (Å²) in [7, 11) is 0. The molecule has 5 nitrogen and oxygen atoms in total. The Morgan fingerprint density at radius 2 is 1.65 bits per heavy atom. The summed E-state index contributed by atoms with van der Waals surface area (Å²) in [6, 6.07) is 7.65. The van der Waals surface area contributed by atoms with Crippen molar-refractivity contribution in [1.82, 2.24) is 15.5 Å². The normalized spacial score (nSPS) is 11.0. The maximum Gasteiger partial charge on any atom is 0.321 e. The number of carbonyl (C=O) groups excluding carboxylic acids is 2. The van der Waals surface area contributed by atoms with Gasteiger partial charge in [-0.15, -0.1) is 22.7 Å². The molecule has 124 valence electrons. The molecule has 2 heterocycles. The second-order valence-corrected chi connectivity index (χ2v) is 7.54. The second-order valence-electron chi connectivity index (χ2n) is 5.48. The van der Waals surface area contributed by atoms with Crippen LogP contribution in [0.4, 0.5) is 4.79 Å². The van der Waals surface area contributed by atoms with Crippen LogP contribution < -0.4 is 10.6 Å². The number of amides is 3. The van der Waals surface area contributed by atoms with Gasteiger partial charge in [0.1, 0.15) is 0 Å². The van der Waals surface area contributed by atoms with Crippen LogP contribution in [0.5, 0.6) is 0 Å². The second kappa shape index (κ2) is 8.81. The average molecular weight is 351 g/mol. The lowest BCUT2D eigenvalue weighted by Gasteiger charge is -2.20. The molecule has 2 aromatic rings. The average Bonchev–Trinajstić information content (AvgIpc) is 3.10. The Bertz CT molecular complexity index is 573. The maximum atomic E-state index is 12.1. The highest BCUT2D eigenvalue weighted by atomic mass is 32.1. The summed E-state index contributed by atoms with van der Waals surface area (Å²) >= 11 is 3.33. The molecule has 0 aliphatic carbocycles. The Morgan fingerprint density at radius 1 is 1.09 bits per heavy atom. The zero-order valence-corrected chi connectivity index (χ0v) is 14.9. The van der Waals surface area contributed by atoms with Crippen LogP contribution in [0, 0.1) is 0 Å². The molecule has 0 atom stereocenters. The number of thiophene rings is 2. The molecule has 0 fully saturated rings. The van der Waals surface area contributed by atoms with Crippen LogP contribution in [-0.2, 0) is 17.9 Å². The van der Waals surface area contributed by atoms with Gasteiger partial charge in [0.15, 0.2) is 0 Å². The molecule has 0 saturated carbocycles. The Balaban J connectivity index is 1.93. The predicted molar refractivity (Wildman–Crippen MR) is 94.6 cm³/mol. The summed E-state index contributed by atoms with van der Waals surface area (Å²) in [5.74, 6) is -0.295. The van der Waals surface area contributed by atoms with Crippen molar-refractivity contribution < 1.29 is 9.59 Å². The Hall–Kier alpha value is -1.70. The number of hydrogen-bond acceptors (Lipinski definition) is 5. The number of carbonyl (C=O) groups is 2. The van der Waals surface area contributed by atoms with Gasteiger partial charge in [0, 0.05) is 28.9 Å². The molecule has 7 heteroatoms. The molecule has 2 rings (SSSR count). The first-order valence-electron chi connectivity index (χ1n) is 7.40. The molecule has 3 amide bonds. The Morgan fingerprint density at radius 3 is 2.09 bits per heavy atom. The number of imide groups is 1. The van der Waals surface area contributed by atoms with Crippen molar-refractivity contribution in [3.8, 4) is 0 Å². The Kier molecular flexibility index (Phi) is 6.76. The number of rotatable bonds is 7. The van der Waals surface area contributed by atoms with Crippen molar-refractivity contribution >= 4 is 34.6 Å². The topological polar surface area (TPSA) is 61.4 Å². The van der Waals surface area contributed by atoms with Gasteiger partial charge in [0.25, 0.3) is 0 Å². The largest absolute Gasteiger partial charge is 0.336 e. The van der Waals surface area contributed by atoms with E-state index in [1.807, 2.05) is 41.6 Å². The quantitative estimate of drug-likeness (QED) is 0.806. The molecule has 0 saturated heterocycles. The molecule has 0 aromatic carbocycles. The maximum absolute atomic E-state index is 12.1. The van der Waals surface area contributed by atoms with Gasteiger partial charge in [-0.05, 0) is 36.7 Å². The molecule has 23 heavy (non-hydrogen) atoms. The van der Waals surface area contributed by atoms with E-state index < -0.39 is 6.03 Å². The molecule has 0 unspecified atom stereocenters. The van der Waals surface area contributed by atoms with E-state index in [1.165, 1.54) is 9.75 Å². The van der Waals surface area contributed by atoms with E-state index in [4.69, 9.17) is 0 Å². The summed E-state index contributed by atoms with van der Waals surface area (Å²) in [4.78, 5) is 28.1. The van der Waals surface area contributed by atoms with E-state index in [9.17, 15) is 9.59 Å². The van der Waals surface area contributed by atoms with Crippen LogP contribution in [-0.4, -0.2) is 29.4 Å². The van der Waals surface area contributed by atoms with Crippen LogP contribution >= 0.6 is 22.7 Å². The van der Waals surface area contributed by atoms with Crippen LogP contribution in [0.1, 0.15) is 23.6 Å². The van der Waals surface area contributed by atoms with Crippen molar-refractivity contribution in [1.29, 1.82) is 0 Å². The van der Waals surface area contributed by atoms with Gasteiger partial charge in [-0.3, -0.25) is 15.0 Å². The third-order valence-electron chi connectivity index (χ3n) is 2.96. The number of hydrogen-bond donors (Lipinski definition) is 2. The van der Waals surface area contributed by atoms with Crippen molar-refractivity contribution in [2.75, 3.05) is 6.54 Å². The monoisotopic (exact) mass is 351 g/mol. The van der Waals surface area contributed by atoms with E-state index in [2.05, 4.69) is 22.8 Å². The number of nitrogens with zero attached hydrogens (tertiary/aromatic N) is 1. The lowest BCUT2D eigenvalue weighted by Crippen LogP contribution is -2.46. The number of urea groups is 1. The standard InChI is InChI=1S/C16H21N3O2S2/c1-12(2)17-16(21)18-15(20)11-19(9-13-5-3-7-22-13)10-14-6-4-8-23-14/h3-8,12H,9-11H2,1-2H3,(H2,17,18,20,21). The van der Waals surface area contributed by atoms with Crippen molar-refractivity contribution in [2.45, 2.75) is 33.0 Å². The molecule has 2 aromatic heterocycles. The van der Waals surface area contributed by atoms with E-state index in [0.717, 1.165) is 0 Å². The van der Waals surface area contributed by atoms with E-state index in [1.54, 1.807) is 22.7 Å². The minimum atomic E-state index is -0.447. The first-order chi connectivity index (χ1) is 11.0. The van der Waals surface area contributed by atoms with Crippen LogP contribution in [0.2, 0.25) is 0 Å². The third-order valence-corrected chi connectivity index (χ3v) is 4.68. The van der Waals surface area contributed by atoms with Crippen LogP contribution in [0.3, 0.4) is 0 Å². The third kappa shape index (κ3) is 6.52. The number of nitrogens with one attached hydrogen (secondary N) is 2. The molecule has 2 N–H and O–H groups in total. The first kappa shape index (κ1) is 17.7. The predicted octanol–water partition coefficient (Wildman–Crippen LogP) is 3.05. The summed E-state index contributed by atoms with van der Waals surface area (Å²) in [5, 5.41) is 9.08. The van der Waals surface area contributed by atoms with Gasteiger partial charge in [0.05, 0.1) is 6.54 Å². The van der Waals surface area contributed by atoms with Gasteiger partial charge < -0.3 is 5.32 Å². The van der Waals surface area contributed by atoms with E-state index in [0.29, 0.717) is 13.1 Å². The lowest BCUT2D eigenvalue weighted by molar-refractivity contribution is -0.121. The molecule has 0 bridgehead atoms. The molecular formula is C16H21N3O2S2. The van der Waals surface area contributed by atoms with Crippen LogP contribution in [0.15, 0.2) is 35.0 Å². The zero-order chi connectivity index (χ0) is 16.7. The van der Waals surface area contributed by atoms with Gasteiger partial charge in [0.2, 0.25) is 5.91 Å². The zero-order valence-electron chi connectivity index (χ0n) is 13.2. The first-order valence-corrected chi connectivity index (χ1v) is 9.16. The van der Waals surface area contributed by atoms with Gasteiger partial charge in [-0.2, -0.15) is 0 Å². The fourth-order valence-electron chi connectivity index (χ4n) is 2.08. The highest BCUT2D eigenvalue weighted by Gasteiger charge is 2.15. The summed E-state index contributed by atoms with van der Waals surface area (Å²) in [5.41, 5.74) is 0. The van der Waals surface area contributed by atoms with Crippen molar-refractivity contribution in [3.05, 3.63) is 44.8 Å². The van der Waals surface area contributed by atoms with Gasteiger partial charge in [-0.1, -0.05) is 12.1 Å². The lowest BCUT2D eigenvalue weighted by atomic mass is 10.3. The molecule has 0 radical (unpaired) electrons. The highest BCUT2D eigenvalue weighted by molar-refractivity contribution is 7.10. The molecule has 0 aliphatic heterocycles. The summed E-state index contributed by atoms with van der Waals surface area (Å²) in [6.07, 6.45) is 0. The van der Waals surface area contributed by atoms with E-state index in [-0.39, 0.29) is 18.5 Å². The fraction of sp³-hybridized carbons (Fsp3) is 0.375. The van der Waals surface area contributed by atoms with Crippen molar-refractivity contribution in [3.63, 3.8) is 0 Å². The van der Waals surface area contributed by atoms with Gasteiger partial charge in [-0.25, -0.2) is 4.79 Å². The SMILES string of the molecule is CC(C)NC(=O)NC(=O)CN(Cc1cccs1)Cc1cccs1. The minimum absolute atomic E-state index is 0.00357.